The quantitative estimate of drug-likeness (QED) is 0.854. The van der Waals surface area contributed by atoms with Gasteiger partial charge in [0.2, 0.25) is 10.0 Å². The number of aromatic nitrogens is 1. The van der Waals surface area contributed by atoms with Crippen LogP contribution in [0.5, 0.6) is 0 Å². The van der Waals surface area contributed by atoms with Gasteiger partial charge in [-0.05, 0) is 51.9 Å². The zero-order chi connectivity index (χ0) is 18.0. The van der Waals surface area contributed by atoms with E-state index in [1.165, 1.54) is 12.8 Å². The van der Waals surface area contributed by atoms with Crippen LogP contribution >= 0.6 is 0 Å². The van der Waals surface area contributed by atoms with Crippen LogP contribution in [-0.4, -0.2) is 44.0 Å². The summed E-state index contributed by atoms with van der Waals surface area (Å²) in [4.78, 5) is 6.93. The highest BCUT2D eigenvalue weighted by Gasteiger charge is 2.21. The number of oxazole rings is 1. The molecule has 1 atom stereocenters. The highest BCUT2D eigenvalue weighted by molar-refractivity contribution is 7.89. The maximum atomic E-state index is 12.5. The summed E-state index contributed by atoms with van der Waals surface area (Å²) >= 11 is 0. The standard InChI is InChI=1S/C18H25N3O3S/c1-13(21-10-4-5-11-21)12-19-25(22,23)17-8-6-16(7-9-17)18-14(2)24-15(3)20-18/h6-9,13,19H,4-5,10-12H2,1-3H3. The van der Waals surface area contributed by atoms with Crippen molar-refractivity contribution in [3.63, 3.8) is 0 Å². The minimum absolute atomic E-state index is 0.206. The molecule has 0 radical (unpaired) electrons. The van der Waals surface area contributed by atoms with Gasteiger partial charge in [0.25, 0.3) is 0 Å². The Morgan fingerprint density at radius 3 is 2.40 bits per heavy atom. The Morgan fingerprint density at radius 1 is 1.20 bits per heavy atom. The highest BCUT2D eigenvalue weighted by atomic mass is 32.2. The molecule has 2 heterocycles. The van der Waals surface area contributed by atoms with Crippen LogP contribution in [0.4, 0.5) is 0 Å². The molecule has 6 nitrogen and oxygen atoms in total. The first-order valence-electron chi connectivity index (χ1n) is 8.65. The minimum Gasteiger partial charge on any atom is -0.446 e. The Kier molecular flexibility index (Phi) is 5.27. The molecular weight excluding hydrogens is 338 g/mol. The SMILES string of the molecule is Cc1nc(-c2ccc(S(=O)(=O)NCC(C)N3CCCC3)cc2)c(C)o1. The van der Waals surface area contributed by atoms with Crippen LogP contribution in [-0.2, 0) is 10.0 Å². The molecule has 1 saturated heterocycles. The molecule has 0 amide bonds. The summed E-state index contributed by atoms with van der Waals surface area (Å²) in [6.45, 7) is 8.22. The van der Waals surface area contributed by atoms with Gasteiger partial charge < -0.3 is 4.42 Å². The molecule has 2 aromatic rings. The van der Waals surface area contributed by atoms with E-state index in [0.29, 0.717) is 12.4 Å². The molecule has 0 aliphatic carbocycles. The van der Waals surface area contributed by atoms with Gasteiger partial charge in [0.1, 0.15) is 11.5 Å². The Bertz CT molecular complexity index is 822. The van der Waals surface area contributed by atoms with Gasteiger partial charge in [-0.2, -0.15) is 0 Å². The molecule has 1 N–H and O–H groups in total. The zero-order valence-corrected chi connectivity index (χ0v) is 15.8. The largest absolute Gasteiger partial charge is 0.446 e. The van der Waals surface area contributed by atoms with E-state index in [4.69, 9.17) is 4.42 Å². The first kappa shape index (κ1) is 18.1. The van der Waals surface area contributed by atoms with E-state index in [0.717, 1.165) is 30.1 Å². The number of nitrogens with one attached hydrogen (secondary N) is 1. The second kappa shape index (κ2) is 7.27. The van der Waals surface area contributed by atoms with E-state index in [1.807, 2.05) is 6.92 Å². The van der Waals surface area contributed by atoms with Crippen molar-refractivity contribution in [2.24, 2.45) is 0 Å². The topological polar surface area (TPSA) is 75.4 Å². The van der Waals surface area contributed by atoms with E-state index in [9.17, 15) is 8.42 Å². The van der Waals surface area contributed by atoms with Crippen molar-refractivity contribution in [3.05, 3.63) is 35.9 Å². The summed E-state index contributed by atoms with van der Waals surface area (Å²) in [6, 6.07) is 6.96. The molecule has 1 fully saturated rings. The van der Waals surface area contributed by atoms with Gasteiger partial charge in [0.15, 0.2) is 5.89 Å². The molecule has 1 aromatic heterocycles. The minimum atomic E-state index is -3.51. The molecule has 3 rings (SSSR count). The molecular formula is C18H25N3O3S. The predicted octanol–water partition coefficient (Wildman–Crippen LogP) is 2.72. The van der Waals surface area contributed by atoms with Gasteiger partial charge in [-0.3, -0.25) is 4.90 Å². The van der Waals surface area contributed by atoms with Gasteiger partial charge in [-0.15, -0.1) is 0 Å². The molecule has 136 valence electrons. The van der Waals surface area contributed by atoms with Crippen molar-refractivity contribution >= 4 is 10.0 Å². The number of nitrogens with zero attached hydrogens (tertiary/aromatic N) is 2. The summed E-state index contributed by atoms with van der Waals surface area (Å²) in [7, 11) is -3.51. The van der Waals surface area contributed by atoms with Crippen molar-refractivity contribution in [1.29, 1.82) is 0 Å². The second-order valence-electron chi connectivity index (χ2n) is 6.61. The first-order valence-corrected chi connectivity index (χ1v) is 10.1. The van der Waals surface area contributed by atoms with Crippen LogP contribution in [0.25, 0.3) is 11.3 Å². The molecule has 25 heavy (non-hydrogen) atoms. The third-order valence-corrected chi connectivity index (χ3v) is 6.11. The molecule has 1 unspecified atom stereocenters. The Balaban J connectivity index is 1.69. The summed E-state index contributed by atoms with van der Waals surface area (Å²) in [5.41, 5.74) is 1.59. The zero-order valence-electron chi connectivity index (χ0n) is 14.9. The lowest BCUT2D eigenvalue weighted by Gasteiger charge is -2.23. The molecule has 1 aliphatic rings. The monoisotopic (exact) mass is 363 g/mol. The van der Waals surface area contributed by atoms with Gasteiger partial charge in [-0.25, -0.2) is 18.1 Å². The van der Waals surface area contributed by atoms with Crippen LogP contribution in [0.1, 0.15) is 31.4 Å². The first-order chi connectivity index (χ1) is 11.9. The molecule has 1 aromatic carbocycles. The van der Waals surface area contributed by atoms with Gasteiger partial charge >= 0.3 is 0 Å². The lowest BCUT2D eigenvalue weighted by molar-refractivity contribution is 0.260. The Labute approximate surface area is 149 Å². The van der Waals surface area contributed by atoms with E-state index in [-0.39, 0.29) is 10.9 Å². The average molecular weight is 363 g/mol. The lowest BCUT2D eigenvalue weighted by atomic mass is 10.1. The maximum absolute atomic E-state index is 12.5. The highest BCUT2D eigenvalue weighted by Crippen LogP contribution is 2.24. The number of rotatable bonds is 6. The number of benzene rings is 1. The summed E-state index contributed by atoms with van der Waals surface area (Å²) < 4.78 is 33.2. The smallest absolute Gasteiger partial charge is 0.240 e. The fourth-order valence-electron chi connectivity index (χ4n) is 3.21. The third-order valence-electron chi connectivity index (χ3n) is 4.67. The number of likely N-dealkylation sites (tertiary alicyclic amines) is 1. The average Bonchev–Trinajstić information content (AvgIpc) is 3.22. The number of sulfonamides is 1. The normalized spacial score (nSPS) is 17.1. The van der Waals surface area contributed by atoms with Crippen LogP contribution in [0.15, 0.2) is 33.6 Å². The van der Waals surface area contributed by atoms with Crippen molar-refractivity contribution in [2.75, 3.05) is 19.6 Å². The number of hydrogen-bond acceptors (Lipinski definition) is 5. The summed E-state index contributed by atoms with van der Waals surface area (Å²) in [6.07, 6.45) is 2.39. The maximum Gasteiger partial charge on any atom is 0.240 e. The molecule has 7 heteroatoms. The van der Waals surface area contributed by atoms with Crippen molar-refractivity contribution in [3.8, 4) is 11.3 Å². The predicted molar refractivity (Wildman–Crippen MR) is 96.9 cm³/mol. The fourth-order valence-corrected chi connectivity index (χ4v) is 4.34. The van der Waals surface area contributed by atoms with E-state index >= 15 is 0 Å². The van der Waals surface area contributed by atoms with Crippen LogP contribution in [0.3, 0.4) is 0 Å². The van der Waals surface area contributed by atoms with Crippen molar-refractivity contribution in [2.45, 2.75) is 44.6 Å². The van der Waals surface area contributed by atoms with Crippen LogP contribution in [0.2, 0.25) is 0 Å². The molecule has 0 spiro atoms. The van der Waals surface area contributed by atoms with Crippen LogP contribution in [0, 0.1) is 13.8 Å². The molecule has 1 aliphatic heterocycles. The van der Waals surface area contributed by atoms with Crippen molar-refractivity contribution < 1.29 is 12.8 Å². The van der Waals surface area contributed by atoms with Gasteiger partial charge in [-0.1, -0.05) is 12.1 Å². The fraction of sp³-hybridized carbons (Fsp3) is 0.500. The van der Waals surface area contributed by atoms with Gasteiger partial charge in [0, 0.05) is 25.1 Å². The van der Waals surface area contributed by atoms with Crippen molar-refractivity contribution in [1.82, 2.24) is 14.6 Å². The lowest BCUT2D eigenvalue weighted by Crippen LogP contribution is -2.40. The number of aryl methyl sites for hydroxylation is 2. The van der Waals surface area contributed by atoms with E-state index in [2.05, 4.69) is 21.5 Å². The Morgan fingerprint density at radius 2 is 1.84 bits per heavy atom. The van der Waals surface area contributed by atoms with E-state index in [1.54, 1.807) is 31.2 Å². The van der Waals surface area contributed by atoms with E-state index < -0.39 is 10.0 Å². The second-order valence-corrected chi connectivity index (χ2v) is 8.37. The van der Waals surface area contributed by atoms with Gasteiger partial charge in [0.05, 0.1) is 4.90 Å². The summed E-state index contributed by atoms with van der Waals surface area (Å²) in [5.74, 6) is 1.33. The Hall–Kier alpha value is -1.70. The number of hydrogen-bond donors (Lipinski definition) is 1. The van der Waals surface area contributed by atoms with Crippen LogP contribution < -0.4 is 4.72 Å². The molecule has 0 saturated carbocycles. The third kappa shape index (κ3) is 4.11. The molecule has 0 bridgehead atoms. The summed E-state index contributed by atoms with van der Waals surface area (Å²) in [5, 5.41) is 0.